The van der Waals surface area contributed by atoms with Gasteiger partial charge >= 0.3 is 0 Å². The van der Waals surface area contributed by atoms with Gasteiger partial charge in [0.05, 0.1) is 18.6 Å². The fourth-order valence-electron chi connectivity index (χ4n) is 5.64. The average Bonchev–Trinajstić information content (AvgIpc) is 3.97. The maximum absolute atomic E-state index is 5.96. The first-order valence-corrected chi connectivity index (χ1v) is 14.0. The van der Waals surface area contributed by atoms with E-state index >= 15 is 0 Å². The third kappa shape index (κ3) is 5.47. The van der Waals surface area contributed by atoms with Crippen LogP contribution in [0.4, 0.5) is 0 Å². The molecule has 2 saturated heterocycles. The number of hydrogen-bond acceptors (Lipinski definition) is 7. The summed E-state index contributed by atoms with van der Waals surface area (Å²) in [5.41, 5.74) is 6.87. The van der Waals surface area contributed by atoms with Crippen LogP contribution in [0, 0.1) is 0 Å². The lowest BCUT2D eigenvalue weighted by molar-refractivity contribution is -0.0912. The van der Waals surface area contributed by atoms with Gasteiger partial charge in [-0.1, -0.05) is 72.8 Å². The van der Waals surface area contributed by atoms with Gasteiger partial charge in [-0.05, 0) is 57.6 Å². The van der Waals surface area contributed by atoms with E-state index in [-0.39, 0.29) is 19.4 Å². The smallest absolute Gasteiger partial charge is 0.183 e. The Kier molecular flexibility index (Phi) is 7.44. The van der Waals surface area contributed by atoms with Gasteiger partial charge in [-0.15, -0.1) is 0 Å². The zero-order valence-electron chi connectivity index (χ0n) is 22.7. The Hall–Kier alpha value is -3.72. The third-order valence-corrected chi connectivity index (χ3v) is 7.62. The van der Waals surface area contributed by atoms with Crippen LogP contribution >= 0.6 is 0 Å². The molecule has 0 radical (unpaired) electrons. The molecule has 2 fully saturated rings. The Balaban J connectivity index is 1.16. The van der Waals surface area contributed by atoms with Crippen molar-refractivity contribution in [2.75, 3.05) is 46.4 Å². The van der Waals surface area contributed by atoms with Crippen molar-refractivity contribution in [2.45, 2.75) is 18.0 Å². The minimum Gasteiger partial charge on any atom is -0.491 e. The molecule has 7 rings (SSSR count). The standard InChI is InChI=1S/C34H32O7/c1-3-7-30-28(5-1)29-6-2-4-8-31(29)34(30,25-11-15-27(16-12-25)37-19-20-38-32-21-39-32)24-9-13-26(14-10-24)36-18-17-35-23-41-33-22-40-33/h1-16,32-33H,17-23H2. The molecule has 0 aromatic heterocycles. The molecule has 0 amide bonds. The van der Waals surface area contributed by atoms with E-state index in [0.717, 1.165) is 11.5 Å². The zero-order chi connectivity index (χ0) is 27.5. The van der Waals surface area contributed by atoms with E-state index in [1.807, 2.05) is 24.3 Å². The minimum absolute atomic E-state index is 0.0597. The fourth-order valence-corrected chi connectivity index (χ4v) is 5.64. The average molecular weight is 553 g/mol. The molecule has 2 atom stereocenters. The van der Waals surface area contributed by atoms with Crippen molar-refractivity contribution in [3.63, 3.8) is 0 Å². The molecule has 7 heteroatoms. The maximum atomic E-state index is 5.96. The van der Waals surface area contributed by atoms with E-state index in [1.165, 1.54) is 33.4 Å². The van der Waals surface area contributed by atoms with Crippen LogP contribution in [0.2, 0.25) is 0 Å². The first-order chi connectivity index (χ1) is 20.3. The highest BCUT2D eigenvalue weighted by atomic mass is 16.8. The largest absolute Gasteiger partial charge is 0.491 e. The van der Waals surface area contributed by atoms with Crippen LogP contribution < -0.4 is 9.47 Å². The summed E-state index contributed by atoms with van der Waals surface area (Å²) < 4.78 is 38.3. The first-order valence-electron chi connectivity index (χ1n) is 14.0. The lowest BCUT2D eigenvalue weighted by atomic mass is 9.68. The van der Waals surface area contributed by atoms with Crippen molar-refractivity contribution < 1.29 is 33.2 Å². The van der Waals surface area contributed by atoms with Crippen molar-refractivity contribution >= 4 is 0 Å². The monoisotopic (exact) mass is 552 g/mol. The van der Waals surface area contributed by atoms with E-state index in [1.54, 1.807) is 0 Å². The fraction of sp³-hybridized carbons (Fsp3) is 0.294. The quantitative estimate of drug-likeness (QED) is 0.102. The van der Waals surface area contributed by atoms with Gasteiger partial charge in [-0.3, -0.25) is 0 Å². The summed E-state index contributed by atoms with van der Waals surface area (Å²) in [5, 5.41) is 0. The molecule has 210 valence electrons. The topological polar surface area (TPSA) is 71.2 Å². The Morgan fingerprint density at radius 3 is 1.59 bits per heavy atom. The predicted molar refractivity (Wildman–Crippen MR) is 152 cm³/mol. The van der Waals surface area contributed by atoms with Gasteiger partial charge in [-0.25, -0.2) is 0 Å². The molecule has 2 unspecified atom stereocenters. The number of benzene rings is 4. The summed E-state index contributed by atoms with van der Waals surface area (Å²) >= 11 is 0. The van der Waals surface area contributed by atoms with Gasteiger partial charge in [0.2, 0.25) is 0 Å². The summed E-state index contributed by atoms with van der Waals surface area (Å²) in [7, 11) is 0. The zero-order valence-corrected chi connectivity index (χ0v) is 22.7. The molecule has 7 nitrogen and oxygen atoms in total. The molecule has 4 aromatic rings. The lowest BCUT2D eigenvalue weighted by Gasteiger charge is -2.34. The SMILES string of the molecule is c1ccc2c(c1)-c1ccccc1C2(c1ccc(OCCOCOC2CO2)cc1)c1ccc(OCCOC2CO2)cc1. The summed E-state index contributed by atoms with van der Waals surface area (Å²) in [6, 6.07) is 34.2. The van der Waals surface area contributed by atoms with Gasteiger partial charge in [0.15, 0.2) is 12.6 Å². The number of ether oxygens (including phenoxy) is 7. The highest BCUT2D eigenvalue weighted by Gasteiger charge is 2.45. The normalized spacial score (nSPS) is 19.3. The summed E-state index contributed by atoms with van der Waals surface area (Å²) in [6.07, 6.45) is -0.164. The second-order valence-corrected chi connectivity index (χ2v) is 10.2. The summed E-state index contributed by atoms with van der Waals surface area (Å²) in [4.78, 5) is 0. The number of fused-ring (bicyclic) bond motifs is 3. The molecule has 2 heterocycles. The van der Waals surface area contributed by atoms with E-state index in [4.69, 9.17) is 33.2 Å². The molecular formula is C34H32O7. The molecule has 0 spiro atoms. The van der Waals surface area contributed by atoms with Gasteiger partial charge in [0, 0.05) is 0 Å². The highest BCUT2D eigenvalue weighted by Crippen LogP contribution is 2.56. The molecule has 1 aliphatic carbocycles. The lowest BCUT2D eigenvalue weighted by Crippen LogP contribution is -2.28. The predicted octanol–water partition coefficient (Wildman–Crippen LogP) is 5.53. The van der Waals surface area contributed by atoms with Crippen LogP contribution in [-0.4, -0.2) is 59.0 Å². The van der Waals surface area contributed by atoms with E-state index < -0.39 is 5.41 Å². The van der Waals surface area contributed by atoms with Crippen molar-refractivity contribution in [3.8, 4) is 22.6 Å². The second-order valence-electron chi connectivity index (χ2n) is 10.2. The number of hydrogen-bond donors (Lipinski definition) is 0. The van der Waals surface area contributed by atoms with Gasteiger partial charge in [0.1, 0.15) is 44.7 Å². The second kappa shape index (κ2) is 11.6. The van der Waals surface area contributed by atoms with E-state index in [2.05, 4.69) is 72.8 Å². The Bertz CT molecular complexity index is 1410. The van der Waals surface area contributed by atoms with Crippen LogP contribution in [0.5, 0.6) is 11.5 Å². The molecule has 0 saturated carbocycles. The number of rotatable bonds is 14. The van der Waals surface area contributed by atoms with E-state index in [9.17, 15) is 0 Å². The van der Waals surface area contributed by atoms with Gasteiger partial charge in [0.25, 0.3) is 0 Å². The highest BCUT2D eigenvalue weighted by molar-refractivity contribution is 5.86. The Morgan fingerprint density at radius 2 is 1.05 bits per heavy atom. The first kappa shape index (κ1) is 26.2. The molecule has 4 aromatic carbocycles. The summed E-state index contributed by atoms with van der Waals surface area (Å²) in [5.74, 6) is 1.60. The third-order valence-electron chi connectivity index (χ3n) is 7.62. The minimum atomic E-state index is -0.484. The molecule has 0 N–H and O–H groups in total. The summed E-state index contributed by atoms with van der Waals surface area (Å²) in [6.45, 7) is 3.38. The van der Waals surface area contributed by atoms with Crippen molar-refractivity contribution in [3.05, 3.63) is 119 Å². The Labute approximate surface area is 239 Å². The van der Waals surface area contributed by atoms with Crippen LogP contribution in [0.15, 0.2) is 97.1 Å². The number of epoxide rings is 2. The molecular weight excluding hydrogens is 520 g/mol. The Morgan fingerprint density at radius 1 is 0.561 bits per heavy atom. The van der Waals surface area contributed by atoms with Crippen molar-refractivity contribution in [1.29, 1.82) is 0 Å². The van der Waals surface area contributed by atoms with Gasteiger partial charge in [-0.2, -0.15) is 0 Å². The van der Waals surface area contributed by atoms with Gasteiger partial charge < -0.3 is 33.2 Å². The van der Waals surface area contributed by atoms with Crippen molar-refractivity contribution in [1.82, 2.24) is 0 Å². The molecule has 3 aliphatic rings. The van der Waals surface area contributed by atoms with Crippen LogP contribution in [-0.2, 0) is 29.1 Å². The molecule has 0 bridgehead atoms. The van der Waals surface area contributed by atoms with Crippen LogP contribution in [0.1, 0.15) is 22.3 Å². The van der Waals surface area contributed by atoms with Crippen molar-refractivity contribution in [2.24, 2.45) is 0 Å². The van der Waals surface area contributed by atoms with Crippen LogP contribution in [0.3, 0.4) is 0 Å². The molecule has 2 aliphatic heterocycles. The van der Waals surface area contributed by atoms with E-state index in [0.29, 0.717) is 39.6 Å². The van der Waals surface area contributed by atoms with Crippen LogP contribution in [0.25, 0.3) is 11.1 Å². The molecule has 41 heavy (non-hydrogen) atoms. The maximum Gasteiger partial charge on any atom is 0.183 e.